The smallest absolute Gasteiger partial charge is 0.257 e. The van der Waals surface area contributed by atoms with Crippen molar-refractivity contribution in [3.8, 4) is 0 Å². The molecule has 5 nitrogen and oxygen atoms in total. The molecule has 0 unspecified atom stereocenters. The first-order valence-corrected chi connectivity index (χ1v) is 8.97. The molecule has 1 aromatic rings. The molecule has 0 aromatic carbocycles. The fraction of sp³-hybridized carbons (Fsp3) is 0.722. The van der Waals surface area contributed by atoms with Crippen molar-refractivity contribution in [1.82, 2.24) is 14.9 Å². The Balaban J connectivity index is 1.75. The number of aromatic nitrogens is 2. The minimum absolute atomic E-state index is 0.0800. The van der Waals surface area contributed by atoms with Crippen molar-refractivity contribution in [2.24, 2.45) is 5.92 Å². The fourth-order valence-electron chi connectivity index (χ4n) is 3.40. The van der Waals surface area contributed by atoms with E-state index in [2.05, 4.69) is 16.9 Å². The van der Waals surface area contributed by atoms with Gasteiger partial charge in [0.25, 0.3) is 5.91 Å². The summed E-state index contributed by atoms with van der Waals surface area (Å²) in [6.07, 6.45) is 11.1. The Labute approximate surface area is 138 Å². The lowest BCUT2D eigenvalue weighted by atomic mass is 9.85. The van der Waals surface area contributed by atoms with Crippen LogP contribution >= 0.6 is 0 Å². The zero-order valence-corrected chi connectivity index (χ0v) is 14.0. The molecule has 126 valence electrons. The highest BCUT2D eigenvalue weighted by molar-refractivity contribution is 5.95. The molecule has 5 heteroatoms. The molecule has 0 spiro atoms. The van der Waals surface area contributed by atoms with Gasteiger partial charge in [0.1, 0.15) is 6.33 Å². The molecule has 0 radical (unpaired) electrons. The maximum atomic E-state index is 13.1. The monoisotopic (exact) mass is 317 g/mol. The van der Waals surface area contributed by atoms with Gasteiger partial charge >= 0.3 is 0 Å². The average Bonchev–Trinajstić information content (AvgIpc) is 3.03. The Morgan fingerprint density at radius 2 is 2.17 bits per heavy atom. The highest BCUT2D eigenvalue weighted by Crippen LogP contribution is 2.28. The van der Waals surface area contributed by atoms with Crippen molar-refractivity contribution in [3.05, 3.63) is 23.8 Å². The van der Waals surface area contributed by atoms with E-state index < -0.39 is 0 Å². The Morgan fingerprint density at radius 1 is 1.30 bits per heavy atom. The van der Waals surface area contributed by atoms with E-state index in [-0.39, 0.29) is 12.0 Å². The first-order valence-electron chi connectivity index (χ1n) is 8.97. The molecule has 1 atom stereocenters. The number of carbonyl (C=O) groups excluding carboxylic acids is 1. The SMILES string of the molecule is CCCc1ncncc1C(=O)N(CC1CCC1)C[C@H]1CCCO1. The number of carbonyl (C=O) groups is 1. The molecule has 2 fully saturated rings. The fourth-order valence-corrected chi connectivity index (χ4v) is 3.40. The van der Waals surface area contributed by atoms with Crippen LogP contribution < -0.4 is 0 Å². The van der Waals surface area contributed by atoms with E-state index in [1.807, 2.05) is 4.90 Å². The van der Waals surface area contributed by atoms with Gasteiger partial charge in [-0.3, -0.25) is 4.79 Å². The third kappa shape index (κ3) is 4.08. The van der Waals surface area contributed by atoms with Crippen LogP contribution in [0.3, 0.4) is 0 Å². The van der Waals surface area contributed by atoms with Crippen molar-refractivity contribution in [3.63, 3.8) is 0 Å². The van der Waals surface area contributed by atoms with Crippen LogP contribution in [0.2, 0.25) is 0 Å². The van der Waals surface area contributed by atoms with E-state index in [0.29, 0.717) is 18.0 Å². The molecule has 2 heterocycles. The molecule has 0 N–H and O–H groups in total. The Hall–Kier alpha value is -1.49. The summed E-state index contributed by atoms with van der Waals surface area (Å²) in [6.45, 7) is 4.48. The second kappa shape index (κ2) is 7.86. The van der Waals surface area contributed by atoms with E-state index in [1.165, 1.54) is 25.6 Å². The zero-order valence-electron chi connectivity index (χ0n) is 14.0. The number of nitrogens with zero attached hydrogens (tertiary/aromatic N) is 3. The molecule has 1 saturated carbocycles. The van der Waals surface area contributed by atoms with E-state index in [4.69, 9.17) is 4.74 Å². The summed E-state index contributed by atoms with van der Waals surface area (Å²) < 4.78 is 5.76. The van der Waals surface area contributed by atoms with Crippen molar-refractivity contribution in [2.45, 2.75) is 58.0 Å². The van der Waals surface area contributed by atoms with Crippen LogP contribution in [0.15, 0.2) is 12.5 Å². The molecular weight excluding hydrogens is 290 g/mol. The molecule has 3 rings (SSSR count). The molecule has 1 aliphatic heterocycles. The van der Waals surface area contributed by atoms with Crippen LogP contribution in [0.5, 0.6) is 0 Å². The molecule has 1 saturated heterocycles. The van der Waals surface area contributed by atoms with E-state index in [9.17, 15) is 4.79 Å². The molecule has 1 amide bonds. The largest absolute Gasteiger partial charge is 0.376 e. The van der Waals surface area contributed by atoms with Crippen LogP contribution in [0.1, 0.15) is 61.5 Å². The normalized spacial score (nSPS) is 21.2. The van der Waals surface area contributed by atoms with Crippen molar-refractivity contribution < 1.29 is 9.53 Å². The van der Waals surface area contributed by atoms with Crippen LogP contribution in [0.4, 0.5) is 0 Å². The number of aryl methyl sites for hydroxylation is 1. The maximum Gasteiger partial charge on any atom is 0.257 e. The summed E-state index contributed by atoms with van der Waals surface area (Å²) in [5.74, 6) is 0.732. The van der Waals surface area contributed by atoms with Crippen molar-refractivity contribution in [1.29, 1.82) is 0 Å². The minimum Gasteiger partial charge on any atom is -0.376 e. The minimum atomic E-state index is 0.0800. The second-order valence-corrected chi connectivity index (χ2v) is 6.78. The van der Waals surface area contributed by atoms with Gasteiger partial charge in [0.05, 0.1) is 17.4 Å². The molecule has 1 aromatic heterocycles. The topological polar surface area (TPSA) is 55.3 Å². The summed E-state index contributed by atoms with van der Waals surface area (Å²) in [5, 5.41) is 0. The van der Waals surface area contributed by atoms with Crippen molar-refractivity contribution in [2.75, 3.05) is 19.7 Å². The van der Waals surface area contributed by atoms with E-state index >= 15 is 0 Å². The second-order valence-electron chi connectivity index (χ2n) is 6.78. The highest BCUT2D eigenvalue weighted by atomic mass is 16.5. The van der Waals surface area contributed by atoms with E-state index in [1.54, 1.807) is 6.20 Å². The van der Waals surface area contributed by atoms with E-state index in [0.717, 1.165) is 44.5 Å². The predicted octanol–water partition coefficient (Wildman–Crippen LogP) is 2.85. The lowest BCUT2D eigenvalue weighted by Gasteiger charge is -2.33. The molecule has 1 aliphatic carbocycles. The molecule has 23 heavy (non-hydrogen) atoms. The van der Waals surface area contributed by atoms with Gasteiger partial charge in [-0.2, -0.15) is 0 Å². The van der Waals surface area contributed by atoms with Crippen LogP contribution in [-0.2, 0) is 11.2 Å². The third-order valence-electron chi connectivity index (χ3n) is 4.95. The molecule has 2 aliphatic rings. The number of amides is 1. The number of ether oxygens (including phenoxy) is 1. The summed E-state index contributed by atoms with van der Waals surface area (Å²) >= 11 is 0. The first-order chi connectivity index (χ1) is 11.3. The number of hydrogen-bond donors (Lipinski definition) is 0. The lowest BCUT2D eigenvalue weighted by molar-refractivity contribution is 0.0446. The highest BCUT2D eigenvalue weighted by Gasteiger charge is 2.29. The van der Waals surface area contributed by atoms with Gasteiger partial charge in [-0.15, -0.1) is 0 Å². The van der Waals surface area contributed by atoms with Gasteiger partial charge in [0.15, 0.2) is 0 Å². The predicted molar refractivity (Wildman–Crippen MR) is 88.2 cm³/mol. The maximum absolute atomic E-state index is 13.1. The Bertz CT molecular complexity index is 525. The van der Waals surface area contributed by atoms with Gasteiger partial charge in [-0.25, -0.2) is 9.97 Å². The van der Waals surface area contributed by atoms with Gasteiger partial charge in [-0.05, 0) is 38.0 Å². The lowest BCUT2D eigenvalue weighted by Crippen LogP contribution is -2.42. The Kier molecular flexibility index (Phi) is 5.60. The summed E-state index contributed by atoms with van der Waals surface area (Å²) in [6, 6.07) is 0. The average molecular weight is 317 g/mol. The molecular formula is C18H27N3O2. The van der Waals surface area contributed by atoms with Gasteiger partial charge in [0.2, 0.25) is 0 Å². The quantitative estimate of drug-likeness (QED) is 0.776. The van der Waals surface area contributed by atoms with Crippen LogP contribution in [0, 0.1) is 5.92 Å². The van der Waals surface area contributed by atoms with Crippen molar-refractivity contribution >= 4 is 5.91 Å². The summed E-state index contributed by atoms with van der Waals surface area (Å²) in [5.41, 5.74) is 1.55. The number of hydrogen-bond acceptors (Lipinski definition) is 4. The Morgan fingerprint density at radius 3 is 2.83 bits per heavy atom. The summed E-state index contributed by atoms with van der Waals surface area (Å²) in [4.78, 5) is 23.5. The third-order valence-corrected chi connectivity index (χ3v) is 4.95. The standard InChI is InChI=1S/C18H27N3O2/c1-2-5-17-16(10-19-13-20-17)18(22)21(11-14-6-3-7-14)12-15-8-4-9-23-15/h10,13-15H,2-9,11-12H2,1H3/t15-/m1/s1. The van der Waals surface area contributed by atoms with Gasteiger partial charge in [-0.1, -0.05) is 19.8 Å². The zero-order chi connectivity index (χ0) is 16.1. The first kappa shape index (κ1) is 16.4. The van der Waals surface area contributed by atoms with Crippen LogP contribution in [-0.4, -0.2) is 46.6 Å². The van der Waals surface area contributed by atoms with Gasteiger partial charge < -0.3 is 9.64 Å². The van der Waals surface area contributed by atoms with Crippen LogP contribution in [0.25, 0.3) is 0 Å². The summed E-state index contributed by atoms with van der Waals surface area (Å²) in [7, 11) is 0. The number of rotatable bonds is 7. The van der Waals surface area contributed by atoms with Gasteiger partial charge in [0, 0.05) is 25.9 Å². The molecule has 0 bridgehead atoms.